The van der Waals surface area contributed by atoms with Crippen LogP contribution in [0.4, 0.5) is 4.79 Å². The van der Waals surface area contributed by atoms with Crippen LogP contribution in [0.3, 0.4) is 0 Å². The third-order valence-electron chi connectivity index (χ3n) is 2.61. The summed E-state index contributed by atoms with van der Waals surface area (Å²) in [6.07, 6.45) is 2.01. The number of amides is 3. The first-order valence-corrected chi connectivity index (χ1v) is 6.00. The van der Waals surface area contributed by atoms with Gasteiger partial charge < -0.3 is 5.32 Å². The SMILES string of the molecule is CCc1ccc(CCC(=O)NNC(=O)NC)cc1. The fraction of sp³-hybridized carbons (Fsp3) is 0.385. The van der Waals surface area contributed by atoms with Crippen molar-refractivity contribution < 1.29 is 9.59 Å². The van der Waals surface area contributed by atoms with Gasteiger partial charge in [-0.25, -0.2) is 10.2 Å². The lowest BCUT2D eigenvalue weighted by Gasteiger charge is -2.06. The van der Waals surface area contributed by atoms with Crippen LogP contribution < -0.4 is 16.2 Å². The van der Waals surface area contributed by atoms with Crippen molar-refractivity contribution in [1.82, 2.24) is 16.2 Å². The first-order valence-electron chi connectivity index (χ1n) is 6.00. The fourth-order valence-corrected chi connectivity index (χ4v) is 1.45. The molecule has 3 N–H and O–H groups in total. The van der Waals surface area contributed by atoms with E-state index in [2.05, 4.69) is 35.2 Å². The summed E-state index contributed by atoms with van der Waals surface area (Å²) in [6.45, 7) is 2.10. The summed E-state index contributed by atoms with van der Waals surface area (Å²) in [6, 6.07) is 7.75. The number of rotatable bonds is 4. The lowest BCUT2D eigenvalue weighted by molar-refractivity contribution is -0.121. The highest BCUT2D eigenvalue weighted by molar-refractivity contribution is 5.80. The maximum absolute atomic E-state index is 11.4. The number of nitrogens with one attached hydrogen (secondary N) is 3. The van der Waals surface area contributed by atoms with E-state index in [1.165, 1.54) is 12.6 Å². The minimum atomic E-state index is -0.435. The molecule has 0 spiro atoms. The Morgan fingerprint density at radius 3 is 2.22 bits per heavy atom. The van der Waals surface area contributed by atoms with E-state index < -0.39 is 6.03 Å². The van der Waals surface area contributed by atoms with Crippen LogP contribution >= 0.6 is 0 Å². The summed E-state index contributed by atoms with van der Waals surface area (Å²) in [7, 11) is 1.48. The van der Waals surface area contributed by atoms with Crippen molar-refractivity contribution in [2.75, 3.05) is 7.05 Å². The average molecular weight is 249 g/mol. The van der Waals surface area contributed by atoms with Crippen LogP contribution in [0.5, 0.6) is 0 Å². The largest absolute Gasteiger partial charge is 0.340 e. The number of carbonyl (C=O) groups excluding carboxylic acids is 2. The first-order chi connectivity index (χ1) is 8.65. The van der Waals surface area contributed by atoms with Gasteiger partial charge in [-0.1, -0.05) is 31.2 Å². The Bertz CT molecular complexity index is 401. The molecular formula is C13H19N3O2. The Hall–Kier alpha value is -2.04. The van der Waals surface area contributed by atoms with Gasteiger partial charge in [0.25, 0.3) is 0 Å². The van der Waals surface area contributed by atoms with Gasteiger partial charge in [0, 0.05) is 13.5 Å². The molecule has 0 saturated carbocycles. The quantitative estimate of drug-likeness (QED) is 0.700. The van der Waals surface area contributed by atoms with E-state index in [9.17, 15) is 9.59 Å². The number of urea groups is 1. The van der Waals surface area contributed by atoms with E-state index in [-0.39, 0.29) is 5.91 Å². The summed E-state index contributed by atoms with van der Waals surface area (Å²) < 4.78 is 0. The second-order valence-corrected chi connectivity index (χ2v) is 3.92. The normalized spacial score (nSPS) is 9.67. The Morgan fingerprint density at radius 1 is 1.06 bits per heavy atom. The summed E-state index contributed by atoms with van der Waals surface area (Å²) >= 11 is 0. The standard InChI is InChI=1S/C13H19N3O2/c1-3-10-4-6-11(7-5-10)8-9-12(17)15-16-13(18)14-2/h4-7H,3,8-9H2,1-2H3,(H,15,17)(H2,14,16,18). The molecule has 0 fully saturated rings. The van der Waals surface area contributed by atoms with Crippen LogP contribution in [0, 0.1) is 0 Å². The van der Waals surface area contributed by atoms with E-state index in [0.717, 1.165) is 12.0 Å². The van der Waals surface area contributed by atoms with Crippen LogP contribution in [-0.4, -0.2) is 19.0 Å². The Morgan fingerprint density at radius 2 is 1.67 bits per heavy atom. The fourth-order valence-electron chi connectivity index (χ4n) is 1.45. The third kappa shape index (κ3) is 4.86. The minimum absolute atomic E-state index is 0.210. The van der Waals surface area contributed by atoms with Gasteiger partial charge in [-0.05, 0) is 24.0 Å². The summed E-state index contributed by atoms with van der Waals surface area (Å²) in [5.74, 6) is -0.210. The average Bonchev–Trinajstić information content (AvgIpc) is 2.42. The zero-order valence-electron chi connectivity index (χ0n) is 10.7. The second-order valence-electron chi connectivity index (χ2n) is 3.92. The topological polar surface area (TPSA) is 70.2 Å². The van der Waals surface area contributed by atoms with Crippen molar-refractivity contribution >= 4 is 11.9 Å². The number of hydrazine groups is 1. The van der Waals surface area contributed by atoms with Gasteiger partial charge in [0.05, 0.1) is 0 Å². The monoisotopic (exact) mass is 249 g/mol. The van der Waals surface area contributed by atoms with E-state index in [4.69, 9.17) is 0 Å². The molecule has 0 saturated heterocycles. The van der Waals surface area contributed by atoms with Gasteiger partial charge >= 0.3 is 6.03 Å². The predicted octanol–water partition coefficient (Wildman–Crippen LogP) is 1.14. The highest BCUT2D eigenvalue weighted by atomic mass is 16.2. The molecule has 0 aromatic heterocycles. The van der Waals surface area contributed by atoms with Crippen molar-refractivity contribution in [3.8, 4) is 0 Å². The summed E-state index contributed by atoms with van der Waals surface area (Å²) in [4.78, 5) is 22.2. The minimum Gasteiger partial charge on any atom is -0.340 e. The molecule has 0 bridgehead atoms. The molecule has 1 rings (SSSR count). The van der Waals surface area contributed by atoms with Gasteiger partial charge in [-0.2, -0.15) is 0 Å². The van der Waals surface area contributed by atoms with Crippen molar-refractivity contribution in [2.45, 2.75) is 26.2 Å². The second kappa shape index (κ2) is 7.32. The molecule has 3 amide bonds. The molecule has 98 valence electrons. The van der Waals surface area contributed by atoms with Gasteiger partial charge in [-0.3, -0.25) is 10.2 Å². The van der Waals surface area contributed by atoms with Crippen LogP contribution in [0.15, 0.2) is 24.3 Å². The Kier molecular flexibility index (Phi) is 5.70. The summed E-state index contributed by atoms with van der Waals surface area (Å²) in [5.41, 5.74) is 6.96. The highest BCUT2D eigenvalue weighted by Crippen LogP contribution is 2.07. The zero-order valence-corrected chi connectivity index (χ0v) is 10.7. The molecular weight excluding hydrogens is 230 g/mol. The molecule has 0 unspecified atom stereocenters. The van der Waals surface area contributed by atoms with E-state index in [0.29, 0.717) is 12.8 Å². The van der Waals surface area contributed by atoms with E-state index in [1.807, 2.05) is 12.1 Å². The maximum atomic E-state index is 11.4. The zero-order chi connectivity index (χ0) is 13.4. The van der Waals surface area contributed by atoms with Gasteiger partial charge in [-0.15, -0.1) is 0 Å². The van der Waals surface area contributed by atoms with Gasteiger partial charge in [0.15, 0.2) is 0 Å². The maximum Gasteiger partial charge on any atom is 0.333 e. The van der Waals surface area contributed by atoms with Crippen molar-refractivity contribution in [1.29, 1.82) is 0 Å². The smallest absolute Gasteiger partial charge is 0.333 e. The van der Waals surface area contributed by atoms with Crippen molar-refractivity contribution in [3.63, 3.8) is 0 Å². The number of carbonyl (C=O) groups is 2. The Balaban J connectivity index is 2.31. The van der Waals surface area contributed by atoms with Crippen molar-refractivity contribution in [3.05, 3.63) is 35.4 Å². The van der Waals surface area contributed by atoms with Crippen LogP contribution in [0.2, 0.25) is 0 Å². The van der Waals surface area contributed by atoms with Crippen molar-refractivity contribution in [2.24, 2.45) is 0 Å². The number of hydrogen-bond donors (Lipinski definition) is 3. The molecule has 5 nitrogen and oxygen atoms in total. The first kappa shape index (κ1) is 14.0. The molecule has 0 aliphatic heterocycles. The van der Waals surface area contributed by atoms with E-state index in [1.54, 1.807) is 0 Å². The molecule has 0 atom stereocenters. The number of hydrogen-bond acceptors (Lipinski definition) is 2. The molecule has 5 heteroatoms. The molecule has 1 aromatic carbocycles. The van der Waals surface area contributed by atoms with Crippen LogP contribution in [0.1, 0.15) is 24.5 Å². The van der Waals surface area contributed by atoms with Gasteiger partial charge in [0.2, 0.25) is 5.91 Å². The van der Waals surface area contributed by atoms with E-state index >= 15 is 0 Å². The molecule has 0 heterocycles. The summed E-state index contributed by atoms with van der Waals surface area (Å²) in [5, 5.41) is 2.34. The Labute approximate surface area is 107 Å². The highest BCUT2D eigenvalue weighted by Gasteiger charge is 2.03. The molecule has 0 aliphatic carbocycles. The lowest BCUT2D eigenvalue weighted by atomic mass is 10.1. The lowest BCUT2D eigenvalue weighted by Crippen LogP contribution is -2.45. The molecule has 0 radical (unpaired) electrons. The molecule has 0 aliphatic rings. The third-order valence-corrected chi connectivity index (χ3v) is 2.61. The van der Waals surface area contributed by atoms with Gasteiger partial charge in [0.1, 0.15) is 0 Å². The number of aryl methyl sites for hydroxylation is 2. The molecule has 18 heavy (non-hydrogen) atoms. The van der Waals surface area contributed by atoms with Crippen LogP contribution in [0.25, 0.3) is 0 Å². The van der Waals surface area contributed by atoms with Crippen LogP contribution in [-0.2, 0) is 17.6 Å². The number of benzene rings is 1. The molecule has 1 aromatic rings. The predicted molar refractivity (Wildman–Crippen MR) is 69.9 cm³/mol.